The summed E-state index contributed by atoms with van der Waals surface area (Å²) in [4.78, 5) is 13.8. The summed E-state index contributed by atoms with van der Waals surface area (Å²) < 4.78 is 5.98. The van der Waals surface area contributed by atoms with Gasteiger partial charge in [0, 0.05) is 34.9 Å². The van der Waals surface area contributed by atoms with Crippen LogP contribution in [0, 0.1) is 0 Å². The first kappa shape index (κ1) is 11.2. The van der Waals surface area contributed by atoms with E-state index in [1.165, 1.54) is 17.9 Å². The van der Waals surface area contributed by atoms with E-state index < -0.39 is 0 Å². The van der Waals surface area contributed by atoms with Crippen LogP contribution in [0.15, 0.2) is 28.9 Å². The largest absolute Gasteiger partial charge is 0.466 e. The van der Waals surface area contributed by atoms with Crippen molar-refractivity contribution in [3.05, 3.63) is 34.4 Å². The van der Waals surface area contributed by atoms with Gasteiger partial charge in [0.05, 0.1) is 6.61 Å². The Morgan fingerprint density at radius 1 is 1.50 bits per heavy atom. The third kappa shape index (κ3) is 2.44. The molecule has 1 N–H and O–H groups in total. The van der Waals surface area contributed by atoms with Crippen molar-refractivity contribution in [2.24, 2.45) is 0 Å². The first-order valence-corrected chi connectivity index (χ1v) is 5.85. The van der Waals surface area contributed by atoms with E-state index in [2.05, 4.69) is 27.0 Å². The van der Waals surface area contributed by atoms with Gasteiger partial charge >= 0.3 is 5.97 Å². The lowest BCUT2D eigenvalue weighted by molar-refractivity contribution is -0.140. The lowest BCUT2D eigenvalue weighted by atomic mass is 10.1. The van der Waals surface area contributed by atoms with Crippen molar-refractivity contribution in [2.45, 2.75) is 13.3 Å². The lowest BCUT2D eigenvalue weighted by Gasteiger charge is -2.00. The lowest BCUT2D eigenvalue weighted by Crippen LogP contribution is -2.02. The molecule has 0 bridgehead atoms. The zero-order valence-corrected chi connectivity index (χ0v) is 10.5. The van der Waals surface area contributed by atoms with Gasteiger partial charge in [-0.25, -0.2) is 0 Å². The van der Waals surface area contributed by atoms with Gasteiger partial charge in [-0.15, -0.1) is 0 Å². The maximum atomic E-state index is 10.6. The zero-order chi connectivity index (χ0) is 11.5. The minimum Gasteiger partial charge on any atom is -0.466 e. The molecule has 1 aromatic carbocycles. The Labute approximate surface area is 102 Å². The number of aromatic nitrogens is 1. The summed E-state index contributed by atoms with van der Waals surface area (Å²) >= 11 is 3.42. The zero-order valence-electron chi connectivity index (χ0n) is 8.92. The van der Waals surface area contributed by atoms with Gasteiger partial charge in [0.25, 0.3) is 0 Å². The number of aromatic amines is 1. The van der Waals surface area contributed by atoms with E-state index in [9.17, 15) is 4.79 Å². The fourth-order valence-electron chi connectivity index (χ4n) is 1.67. The number of ether oxygens (including phenoxy) is 1. The van der Waals surface area contributed by atoms with Gasteiger partial charge in [-0.05, 0) is 17.7 Å². The molecule has 0 fully saturated rings. The van der Waals surface area contributed by atoms with Crippen LogP contribution in [-0.4, -0.2) is 17.6 Å². The molecule has 4 heteroatoms. The number of esters is 1. The summed E-state index contributed by atoms with van der Waals surface area (Å²) in [6.45, 7) is 1.85. The number of carbonyl (C=O) groups excluding carboxylic acids is 1. The smallest absolute Gasteiger partial charge is 0.302 e. The van der Waals surface area contributed by atoms with Crippen LogP contribution in [0.1, 0.15) is 12.5 Å². The maximum absolute atomic E-state index is 10.6. The first-order valence-electron chi connectivity index (χ1n) is 5.05. The third-order valence-electron chi connectivity index (χ3n) is 2.41. The summed E-state index contributed by atoms with van der Waals surface area (Å²) in [5.74, 6) is -0.234. The molecule has 2 aromatic rings. The number of fused-ring (bicyclic) bond motifs is 1. The highest BCUT2D eigenvalue weighted by Gasteiger charge is 2.04. The second kappa shape index (κ2) is 4.70. The average molecular weight is 282 g/mol. The van der Waals surface area contributed by atoms with Crippen LogP contribution in [0.2, 0.25) is 0 Å². The molecule has 0 aliphatic rings. The standard InChI is InChI=1S/C12H12BrNO2/c1-8(15)16-5-4-9-7-14-12-6-10(13)2-3-11(9)12/h2-3,6-7,14H,4-5H2,1H3. The number of halogens is 1. The van der Waals surface area contributed by atoms with Crippen LogP contribution < -0.4 is 0 Å². The molecule has 0 atom stereocenters. The van der Waals surface area contributed by atoms with Gasteiger partial charge < -0.3 is 9.72 Å². The summed E-state index contributed by atoms with van der Waals surface area (Å²) in [6.07, 6.45) is 2.70. The van der Waals surface area contributed by atoms with E-state index in [-0.39, 0.29) is 5.97 Å². The van der Waals surface area contributed by atoms with Gasteiger partial charge in [0.1, 0.15) is 0 Å². The molecule has 0 spiro atoms. The van der Waals surface area contributed by atoms with Gasteiger partial charge in [-0.2, -0.15) is 0 Å². The summed E-state index contributed by atoms with van der Waals surface area (Å²) in [5, 5.41) is 1.18. The Morgan fingerprint density at radius 3 is 3.06 bits per heavy atom. The van der Waals surface area contributed by atoms with E-state index in [4.69, 9.17) is 4.74 Å². The van der Waals surface area contributed by atoms with Crippen molar-refractivity contribution < 1.29 is 9.53 Å². The molecule has 0 saturated heterocycles. The second-order valence-corrected chi connectivity index (χ2v) is 4.51. The highest BCUT2D eigenvalue weighted by molar-refractivity contribution is 9.10. The number of carbonyl (C=O) groups is 1. The fourth-order valence-corrected chi connectivity index (χ4v) is 2.03. The molecular formula is C12H12BrNO2. The van der Waals surface area contributed by atoms with E-state index in [1.54, 1.807) is 0 Å². The Kier molecular flexibility index (Phi) is 3.29. The van der Waals surface area contributed by atoms with Crippen molar-refractivity contribution in [1.82, 2.24) is 4.98 Å². The van der Waals surface area contributed by atoms with E-state index >= 15 is 0 Å². The summed E-state index contributed by atoms with van der Waals surface area (Å²) in [5.41, 5.74) is 2.26. The number of benzene rings is 1. The van der Waals surface area contributed by atoms with E-state index in [0.717, 1.165) is 16.4 Å². The van der Waals surface area contributed by atoms with Crippen LogP contribution in [-0.2, 0) is 16.0 Å². The molecule has 0 aliphatic carbocycles. The molecule has 0 saturated carbocycles. The summed E-state index contributed by atoms with van der Waals surface area (Å²) in [7, 11) is 0. The van der Waals surface area contributed by atoms with Gasteiger partial charge in [-0.1, -0.05) is 22.0 Å². The number of rotatable bonds is 3. The Bertz CT molecular complexity index is 519. The highest BCUT2D eigenvalue weighted by Crippen LogP contribution is 2.22. The Hall–Kier alpha value is -1.29. The molecule has 1 aromatic heterocycles. The SMILES string of the molecule is CC(=O)OCCc1c[nH]c2cc(Br)ccc12. The fraction of sp³-hybridized carbons (Fsp3) is 0.250. The molecule has 84 valence electrons. The topological polar surface area (TPSA) is 42.1 Å². The van der Waals surface area contributed by atoms with Crippen LogP contribution in [0.25, 0.3) is 10.9 Å². The second-order valence-electron chi connectivity index (χ2n) is 3.59. The minimum absolute atomic E-state index is 0.234. The number of hydrogen-bond acceptors (Lipinski definition) is 2. The predicted molar refractivity (Wildman–Crippen MR) is 66.3 cm³/mol. The molecular weight excluding hydrogens is 270 g/mol. The highest BCUT2D eigenvalue weighted by atomic mass is 79.9. The molecule has 1 heterocycles. The van der Waals surface area contributed by atoms with Gasteiger partial charge in [0.15, 0.2) is 0 Å². The van der Waals surface area contributed by atoms with Crippen molar-refractivity contribution in [1.29, 1.82) is 0 Å². The molecule has 0 amide bonds. The Morgan fingerprint density at radius 2 is 2.31 bits per heavy atom. The molecule has 3 nitrogen and oxygen atoms in total. The third-order valence-corrected chi connectivity index (χ3v) is 2.90. The monoisotopic (exact) mass is 281 g/mol. The average Bonchev–Trinajstić information content (AvgIpc) is 2.60. The number of nitrogens with one attached hydrogen (secondary N) is 1. The van der Waals surface area contributed by atoms with Crippen molar-refractivity contribution in [3.63, 3.8) is 0 Å². The minimum atomic E-state index is -0.234. The quantitative estimate of drug-likeness (QED) is 0.879. The van der Waals surface area contributed by atoms with Crippen molar-refractivity contribution in [3.8, 4) is 0 Å². The molecule has 16 heavy (non-hydrogen) atoms. The van der Waals surface area contributed by atoms with Crippen molar-refractivity contribution >= 4 is 32.8 Å². The van der Waals surface area contributed by atoms with Crippen LogP contribution in [0.5, 0.6) is 0 Å². The predicted octanol–water partition coefficient (Wildman–Crippen LogP) is 3.04. The number of hydrogen-bond donors (Lipinski definition) is 1. The maximum Gasteiger partial charge on any atom is 0.302 e. The van der Waals surface area contributed by atoms with Crippen LogP contribution >= 0.6 is 15.9 Å². The van der Waals surface area contributed by atoms with Gasteiger partial charge in [0.2, 0.25) is 0 Å². The molecule has 0 unspecified atom stereocenters. The normalized spacial score (nSPS) is 10.6. The molecule has 0 aliphatic heterocycles. The van der Waals surface area contributed by atoms with Gasteiger partial charge in [-0.3, -0.25) is 4.79 Å². The molecule has 2 rings (SSSR count). The summed E-state index contributed by atoms with van der Waals surface area (Å²) in [6, 6.07) is 6.09. The van der Waals surface area contributed by atoms with Crippen LogP contribution in [0.3, 0.4) is 0 Å². The molecule has 0 radical (unpaired) electrons. The van der Waals surface area contributed by atoms with Crippen LogP contribution in [0.4, 0.5) is 0 Å². The number of H-pyrrole nitrogens is 1. The van der Waals surface area contributed by atoms with Crippen molar-refractivity contribution in [2.75, 3.05) is 6.61 Å². The van der Waals surface area contributed by atoms with E-state index in [0.29, 0.717) is 6.61 Å². The Balaban J connectivity index is 2.15. The van der Waals surface area contributed by atoms with E-state index in [1.807, 2.05) is 18.3 Å². The first-order chi connectivity index (χ1) is 7.66.